The number of H-pyrrole nitrogens is 1. The number of aliphatic hydroxyl groups is 1. The van der Waals surface area contributed by atoms with E-state index >= 15 is 0 Å². The quantitative estimate of drug-likeness (QED) is 0.233. The van der Waals surface area contributed by atoms with Gasteiger partial charge in [-0.3, -0.25) is 0 Å². The molecule has 1 aromatic carbocycles. The van der Waals surface area contributed by atoms with E-state index in [1.54, 1.807) is 24.7 Å². The molecule has 0 atom stereocenters. The number of aromatic amines is 1. The van der Waals surface area contributed by atoms with Gasteiger partial charge in [0.05, 0.1) is 17.8 Å². The molecule has 0 amide bonds. The number of sulfonamides is 1. The maximum atomic E-state index is 12.4. The van der Waals surface area contributed by atoms with Crippen LogP contribution < -0.4 is 20.7 Å². The molecule has 1 saturated heterocycles. The van der Waals surface area contributed by atoms with Crippen LogP contribution >= 0.6 is 0 Å². The third-order valence-corrected chi connectivity index (χ3v) is 7.43. The molecule has 188 valence electrons. The lowest BCUT2D eigenvalue weighted by molar-refractivity contribution is 0.301. The van der Waals surface area contributed by atoms with E-state index in [0.29, 0.717) is 22.5 Å². The van der Waals surface area contributed by atoms with E-state index in [9.17, 15) is 8.42 Å². The van der Waals surface area contributed by atoms with Crippen molar-refractivity contribution >= 4 is 38.6 Å². The van der Waals surface area contributed by atoms with E-state index in [1.165, 1.54) is 12.1 Å². The minimum atomic E-state index is -3.76. The largest absolute Gasteiger partial charge is 0.395 e. The van der Waals surface area contributed by atoms with Gasteiger partial charge in [-0.15, -0.1) is 0 Å². The van der Waals surface area contributed by atoms with Crippen LogP contribution in [0.1, 0.15) is 12.8 Å². The summed E-state index contributed by atoms with van der Waals surface area (Å²) in [5, 5.41) is 12.0. The second kappa shape index (κ2) is 10.1. The van der Waals surface area contributed by atoms with Crippen LogP contribution in [0.3, 0.4) is 0 Å². The number of nitrogens with zero attached hydrogens (tertiary/aromatic N) is 5. The van der Waals surface area contributed by atoms with Crippen LogP contribution in [0.25, 0.3) is 22.4 Å². The smallest absolute Gasteiger partial charge is 0.240 e. The molecule has 13 heteroatoms. The topological polar surface area (TPSA) is 175 Å². The van der Waals surface area contributed by atoms with E-state index in [4.69, 9.17) is 10.8 Å². The number of aromatic nitrogens is 5. The molecule has 1 aliphatic rings. The van der Waals surface area contributed by atoms with Crippen molar-refractivity contribution in [2.24, 2.45) is 5.73 Å². The van der Waals surface area contributed by atoms with Crippen LogP contribution in [-0.4, -0.2) is 70.7 Å². The number of fused-ring (bicyclic) bond motifs is 1. The minimum absolute atomic E-state index is 0.0560. The number of pyridine rings is 1. The Balaban J connectivity index is 1.42. The van der Waals surface area contributed by atoms with Gasteiger partial charge < -0.3 is 26.0 Å². The van der Waals surface area contributed by atoms with Crippen molar-refractivity contribution in [2.75, 3.05) is 36.5 Å². The Morgan fingerprint density at radius 2 is 1.97 bits per heavy atom. The number of imidazole rings is 1. The summed E-state index contributed by atoms with van der Waals surface area (Å²) in [4.78, 5) is 23.4. The van der Waals surface area contributed by atoms with Gasteiger partial charge in [0.15, 0.2) is 5.65 Å². The van der Waals surface area contributed by atoms with Gasteiger partial charge in [-0.25, -0.2) is 28.1 Å². The monoisotopic (exact) mass is 509 g/mol. The van der Waals surface area contributed by atoms with Crippen molar-refractivity contribution in [3.05, 3.63) is 48.9 Å². The lowest BCUT2D eigenvalue weighted by atomic mass is 10.1. The van der Waals surface area contributed by atoms with Crippen molar-refractivity contribution in [3.8, 4) is 11.3 Å². The first-order chi connectivity index (χ1) is 17.4. The number of nitrogens with two attached hydrogens (primary N) is 1. The molecule has 1 fully saturated rings. The summed E-state index contributed by atoms with van der Waals surface area (Å²) < 4.78 is 27.2. The average molecular weight is 510 g/mol. The first-order valence-corrected chi connectivity index (χ1v) is 13.1. The fourth-order valence-corrected chi connectivity index (χ4v) is 5.14. The van der Waals surface area contributed by atoms with E-state index in [1.807, 2.05) is 12.1 Å². The van der Waals surface area contributed by atoms with Crippen molar-refractivity contribution in [1.82, 2.24) is 29.6 Å². The van der Waals surface area contributed by atoms with Gasteiger partial charge in [0.2, 0.25) is 16.0 Å². The van der Waals surface area contributed by atoms with Gasteiger partial charge in [0.1, 0.15) is 17.0 Å². The van der Waals surface area contributed by atoms with Gasteiger partial charge in [-0.05, 0) is 43.2 Å². The SMILES string of the molecule is NC1CCN(c2ccc(-c3nc(Nc4cccc(S(=O)(=O)NCCO)c4)nc4nc[nH]c34)cn2)CC1. The first-order valence-electron chi connectivity index (χ1n) is 11.6. The summed E-state index contributed by atoms with van der Waals surface area (Å²) in [6.45, 7) is 1.40. The molecular formula is C23H27N9O3S. The highest BCUT2D eigenvalue weighted by atomic mass is 32.2. The van der Waals surface area contributed by atoms with Crippen LogP contribution in [0, 0.1) is 0 Å². The molecule has 0 radical (unpaired) electrons. The average Bonchev–Trinajstić information content (AvgIpc) is 3.37. The molecule has 36 heavy (non-hydrogen) atoms. The predicted molar refractivity (Wildman–Crippen MR) is 136 cm³/mol. The maximum absolute atomic E-state index is 12.4. The number of aliphatic hydroxyl groups excluding tert-OH is 1. The summed E-state index contributed by atoms with van der Waals surface area (Å²) >= 11 is 0. The Morgan fingerprint density at radius 3 is 2.72 bits per heavy atom. The van der Waals surface area contributed by atoms with Gasteiger partial charge in [0.25, 0.3) is 0 Å². The van der Waals surface area contributed by atoms with Crippen LogP contribution in [0.5, 0.6) is 0 Å². The third-order valence-electron chi connectivity index (χ3n) is 5.97. The molecule has 12 nitrogen and oxygen atoms in total. The molecule has 0 aliphatic carbocycles. The third kappa shape index (κ3) is 5.14. The molecule has 0 unspecified atom stereocenters. The fraction of sp³-hybridized carbons (Fsp3) is 0.304. The number of benzene rings is 1. The summed E-state index contributed by atoms with van der Waals surface area (Å²) in [5.74, 6) is 1.16. The van der Waals surface area contributed by atoms with Gasteiger partial charge in [-0.1, -0.05) is 6.07 Å². The van der Waals surface area contributed by atoms with Gasteiger partial charge in [-0.2, -0.15) is 4.98 Å². The van der Waals surface area contributed by atoms with Gasteiger partial charge in [0, 0.05) is 43.1 Å². The number of anilines is 3. The van der Waals surface area contributed by atoms with Crippen LogP contribution in [0.15, 0.2) is 53.8 Å². The Morgan fingerprint density at radius 1 is 1.14 bits per heavy atom. The predicted octanol–water partition coefficient (Wildman–Crippen LogP) is 1.36. The van der Waals surface area contributed by atoms with Crippen LogP contribution in [0.4, 0.5) is 17.5 Å². The van der Waals surface area contributed by atoms with Crippen LogP contribution in [0.2, 0.25) is 0 Å². The summed E-state index contributed by atoms with van der Waals surface area (Å²) in [5.41, 5.74) is 9.04. The zero-order valence-corrected chi connectivity index (χ0v) is 20.2. The second-order valence-corrected chi connectivity index (χ2v) is 10.3. The number of hydrogen-bond donors (Lipinski definition) is 5. The lowest BCUT2D eigenvalue weighted by Crippen LogP contribution is -2.40. The minimum Gasteiger partial charge on any atom is -0.395 e. The van der Waals surface area contributed by atoms with Gasteiger partial charge >= 0.3 is 0 Å². The standard InChI is InChI=1S/C23H27N9O3S/c24-16-6-9-32(10-7-16)19-5-4-15(13-25-19)20-21-22(27-14-26-21)31-23(30-20)29-17-2-1-3-18(12-17)36(34,35)28-8-11-33/h1-5,12-14,16,28,33H,6-11,24H2,(H2,26,27,29,30,31). The molecule has 0 spiro atoms. The molecule has 6 N–H and O–H groups in total. The normalized spacial score (nSPS) is 14.9. The first kappa shape index (κ1) is 24.1. The molecule has 4 aromatic rings. The highest BCUT2D eigenvalue weighted by Gasteiger charge is 2.19. The van der Waals surface area contributed by atoms with Crippen molar-refractivity contribution < 1.29 is 13.5 Å². The summed E-state index contributed by atoms with van der Waals surface area (Å²) in [6.07, 6.45) is 5.21. The van der Waals surface area contributed by atoms with Crippen molar-refractivity contribution in [2.45, 2.75) is 23.8 Å². The highest BCUT2D eigenvalue weighted by molar-refractivity contribution is 7.89. The Kier molecular flexibility index (Phi) is 6.78. The molecule has 1 aliphatic heterocycles. The zero-order chi connectivity index (χ0) is 25.1. The number of piperidine rings is 1. The summed E-state index contributed by atoms with van der Waals surface area (Å²) in [6, 6.07) is 10.4. The second-order valence-electron chi connectivity index (χ2n) is 8.50. The summed E-state index contributed by atoms with van der Waals surface area (Å²) in [7, 11) is -3.76. The molecule has 5 rings (SSSR count). The maximum Gasteiger partial charge on any atom is 0.240 e. The highest BCUT2D eigenvalue weighted by Crippen LogP contribution is 2.28. The van der Waals surface area contributed by atoms with E-state index < -0.39 is 10.0 Å². The Bertz CT molecular complexity index is 1450. The van der Waals surface area contributed by atoms with Crippen LogP contribution in [-0.2, 0) is 10.0 Å². The molecule has 4 heterocycles. The fourth-order valence-electron chi connectivity index (χ4n) is 4.07. The molecular weight excluding hydrogens is 482 g/mol. The Labute approximate surface area is 208 Å². The zero-order valence-electron chi connectivity index (χ0n) is 19.4. The lowest BCUT2D eigenvalue weighted by Gasteiger charge is -2.31. The van der Waals surface area contributed by atoms with Crippen molar-refractivity contribution in [1.29, 1.82) is 0 Å². The number of rotatable bonds is 8. The number of nitrogens with one attached hydrogen (secondary N) is 3. The molecule has 0 bridgehead atoms. The molecule has 3 aromatic heterocycles. The van der Waals surface area contributed by atoms with E-state index in [2.05, 4.69) is 39.9 Å². The molecule has 0 saturated carbocycles. The van der Waals surface area contributed by atoms with Crippen molar-refractivity contribution in [3.63, 3.8) is 0 Å². The van der Waals surface area contributed by atoms with E-state index in [0.717, 1.165) is 37.3 Å². The Hall–Kier alpha value is -3.65. The van der Waals surface area contributed by atoms with E-state index in [-0.39, 0.29) is 30.0 Å². The number of hydrogen-bond acceptors (Lipinski definition) is 10.